The Morgan fingerprint density at radius 3 is 2.92 bits per heavy atom. The second-order valence-electron chi connectivity index (χ2n) is 7.50. The first-order valence-corrected chi connectivity index (χ1v) is 9.02. The maximum atomic E-state index is 13.6. The van der Waals surface area contributed by atoms with Crippen LogP contribution in [0.25, 0.3) is 0 Å². The highest BCUT2D eigenvalue weighted by Gasteiger charge is 2.44. The van der Waals surface area contributed by atoms with Gasteiger partial charge in [-0.05, 0) is 49.8 Å². The Balaban J connectivity index is 1.50. The largest absolute Gasteiger partial charge is 0.361 e. The first-order valence-electron chi connectivity index (χ1n) is 9.02. The quantitative estimate of drug-likeness (QED) is 0.844. The Morgan fingerprint density at radius 2 is 2.16 bits per heavy atom. The number of piperidine rings is 1. The third-order valence-corrected chi connectivity index (χ3v) is 5.42. The standard InChI is InChI=1S/C19H23FN2O3/c20-15-3-1-4-16(10-15)22-13-19(25-11-18(22)24)7-2-8-21(12-19)17(23)9-14-5-6-14/h1,3-4,10,14H,2,5-9,11-13H2. The number of hydrogen-bond acceptors (Lipinski definition) is 3. The van der Waals surface area contributed by atoms with Crippen molar-refractivity contribution in [2.45, 2.75) is 37.7 Å². The number of carbonyl (C=O) groups excluding carboxylic acids is 2. The summed E-state index contributed by atoms with van der Waals surface area (Å²) in [6.07, 6.45) is 4.61. The maximum absolute atomic E-state index is 13.6. The molecular weight excluding hydrogens is 323 g/mol. The minimum Gasteiger partial charge on any atom is -0.361 e. The molecule has 1 aromatic rings. The van der Waals surface area contributed by atoms with Gasteiger partial charge in [-0.3, -0.25) is 9.59 Å². The molecule has 1 atom stereocenters. The van der Waals surface area contributed by atoms with Crippen LogP contribution in [0, 0.1) is 11.7 Å². The monoisotopic (exact) mass is 346 g/mol. The highest BCUT2D eigenvalue weighted by atomic mass is 19.1. The predicted molar refractivity (Wildman–Crippen MR) is 90.6 cm³/mol. The molecule has 6 heteroatoms. The van der Waals surface area contributed by atoms with Gasteiger partial charge < -0.3 is 14.5 Å². The number of benzene rings is 1. The Labute approximate surface area is 146 Å². The van der Waals surface area contributed by atoms with Gasteiger partial charge in [0.2, 0.25) is 5.91 Å². The smallest absolute Gasteiger partial charge is 0.253 e. The molecule has 2 aliphatic heterocycles. The number of anilines is 1. The van der Waals surface area contributed by atoms with Crippen molar-refractivity contribution in [2.75, 3.05) is 31.1 Å². The number of likely N-dealkylation sites (tertiary alicyclic amines) is 1. The molecule has 1 saturated carbocycles. The number of halogens is 1. The molecule has 1 unspecified atom stereocenters. The highest BCUT2D eigenvalue weighted by molar-refractivity contribution is 5.95. The van der Waals surface area contributed by atoms with Gasteiger partial charge in [0.15, 0.2) is 0 Å². The summed E-state index contributed by atoms with van der Waals surface area (Å²) >= 11 is 0. The lowest BCUT2D eigenvalue weighted by Crippen LogP contribution is -2.62. The van der Waals surface area contributed by atoms with Crippen LogP contribution in [-0.4, -0.2) is 48.6 Å². The SMILES string of the molecule is O=C(CC1CC1)N1CCCC2(C1)CN(c1cccc(F)c1)C(=O)CO2. The lowest BCUT2D eigenvalue weighted by atomic mass is 9.90. The van der Waals surface area contributed by atoms with E-state index in [1.54, 1.807) is 17.0 Å². The summed E-state index contributed by atoms with van der Waals surface area (Å²) in [5, 5.41) is 0. The van der Waals surface area contributed by atoms with Gasteiger partial charge in [-0.15, -0.1) is 0 Å². The molecule has 1 spiro atoms. The Bertz CT molecular complexity index is 691. The Morgan fingerprint density at radius 1 is 1.32 bits per heavy atom. The topological polar surface area (TPSA) is 49.9 Å². The van der Waals surface area contributed by atoms with Crippen molar-refractivity contribution in [3.63, 3.8) is 0 Å². The van der Waals surface area contributed by atoms with Gasteiger partial charge in [-0.2, -0.15) is 0 Å². The summed E-state index contributed by atoms with van der Waals surface area (Å²) in [6, 6.07) is 6.07. The van der Waals surface area contributed by atoms with Crippen LogP contribution in [0.15, 0.2) is 24.3 Å². The molecule has 2 amide bonds. The fourth-order valence-corrected chi connectivity index (χ4v) is 3.85. The zero-order chi connectivity index (χ0) is 17.4. The summed E-state index contributed by atoms with van der Waals surface area (Å²) in [6.45, 7) is 1.60. The van der Waals surface area contributed by atoms with Crippen LogP contribution in [0.5, 0.6) is 0 Å². The van der Waals surface area contributed by atoms with Crippen molar-refractivity contribution in [2.24, 2.45) is 5.92 Å². The second-order valence-corrected chi connectivity index (χ2v) is 7.50. The van der Waals surface area contributed by atoms with E-state index in [0.717, 1.165) is 32.2 Å². The number of rotatable bonds is 3. The zero-order valence-corrected chi connectivity index (χ0v) is 14.2. The van der Waals surface area contributed by atoms with Gasteiger partial charge in [-0.25, -0.2) is 4.39 Å². The maximum Gasteiger partial charge on any atom is 0.253 e. The molecule has 0 N–H and O–H groups in total. The molecule has 0 aromatic heterocycles. The van der Waals surface area contributed by atoms with Gasteiger partial charge in [-0.1, -0.05) is 6.07 Å². The summed E-state index contributed by atoms with van der Waals surface area (Å²) in [5.74, 6) is 0.218. The molecule has 2 heterocycles. The van der Waals surface area contributed by atoms with Crippen molar-refractivity contribution in [3.8, 4) is 0 Å². The molecule has 3 aliphatic rings. The van der Waals surface area contributed by atoms with E-state index in [9.17, 15) is 14.0 Å². The fourth-order valence-electron chi connectivity index (χ4n) is 3.85. The number of hydrogen-bond donors (Lipinski definition) is 0. The minimum absolute atomic E-state index is 0.0266. The van der Waals surface area contributed by atoms with Crippen LogP contribution in [0.3, 0.4) is 0 Å². The van der Waals surface area contributed by atoms with Crippen LogP contribution in [0.1, 0.15) is 32.1 Å². The summed E-state index contributed by atoms with van der Waals surface area (Å²) < 4.78 is 19.5. The third kappa shape index (κ3) is 3.54. The van der Waals surface area contributed by atoms with Gasteiger partial charge >= 0.3 is 0 Å². The molecule has 2 saturated heterocycles. The summed E-state index contributed by atoms with van der Waals surface area (Å²) in [7, 11) is 0. The van der Waals surface area contributed by atoms with Gasteiger partial charge in [0.25, 0.3) is 5.91 Å². The number of morpholine rings is 1. The van der Waals surface area contributed by atoms with E-state index in [1.807, 2.05) is 4.90 Å². The number of ether oxygens (including phenoxy) is 1. The number of amides is 2. The molecule has 4 rings (SSSR count). The van der Waals surface area contributed by atoms with Crippen molar-refractivity contribution in [1.29, 1.82) is 0 Å². The molecule has 0 radical (unpaired) electrons. The lowest BCUT2D eigenvalue weighted by Gasteiger charge is -2.47. The molecule has 1 aromatic carbocycles. The van der Waals surface area contributed by atoms with E-state index < -0.39 is 5.60 Å². The third-order valence-electron chi connectivity index (χ3n) is 5.42. The molecular formula is C19H23FN2O3. The van der Waals surface area contributed by atoms with E-state index in [2.05, 4.69) is 0 Å². The molecule has 1 aliphatic carbocycles. The molecule has 25 heavy (non-hydrogen) atoms. The normalized spacial score (nSPS) is 27.0. The van der Waals surface area contributed by atoms with Crippen LogP contribution in [0.4, 0.5) is 10.1 Å². The zero-order valence-electron chi connectivity index (χ0n) is 14.2. The van der Waals surface area contributed by atoms with E-state index in [4.69, 9.17) is 4.74 Å². The van der Waals surface area contributed by atoms with Gasteiger partial charge in [0.05, 0.1) is 13.1 Å². The fraction of sp³-hybridized carbons (Fsp3) is 0.579. The highest BCUT2D eigenvalue weighted by Crippen LogP contribution is 2.35. The van der Waals surface area contributed by atoms with Crippen molar-refractivity contribution < 1.29 is 18.7 Å². The molecule has 0 bridgehead atoms. The first kappa shape index (κ1) is 16.5. The van der Waals surface area contributed by atoms with E-state index in [-0.39, 0.29) is 24.2 Å². The average molecular weight is 346 g/mol. The molecule has 134 valence electrons. The van der Waals surface area contributed by atoms with Crippen LogP contribution >= 0.6 is 0 Å². The van der Waals surface area contributed by atoms with Gasteiger partial charge in [0.1, 0.15) is 18.0 Å². The second kappa shape index (κ2) is 6.41. The van der Waals surface area contributed by atoms with Crippen molar-refractivity contribution >= 4 is 17.5 Å². The van der Waals surface area contributed by atoms with Crippen LogP contribution < -0.4 is 4.90 Å². The predicted octanol–water partition coefficient (Wildman–Crippen LogP) is 2.35. The van der Waals surface area contributed by atoms with Crippen molar-refractivity contribution in [3.05, 3.63) is 30.1 Å². The van der Waals surface area contributed by atoms with Gasteiger partial charge in [0, 0.05) is 18.7 Å². The summed E-state index contributed by atoms with van der Waals surface area (Å²) in [5.41, 5.74) is 0.00614. The molecule has 5 nitrogen and oxygen atoms in total. The van der Waals surface area contributed by atoms with E-state index >= 15 is 0 Å². The Hall–Kier alpha value is -1.95. The minimum atomic E-state index is -0.544. The number of nitrogens with zero attached hydrogens (tertiary/aromatic N) is 2. The first-order chi connectivity index (χ1) is 12.0. The Kier molecular flexibility index (Phi) is 4.23. The number of carbonyl (C=O) groups is 2. The van der Waals surface area contributed by atoms with Crippen molar-refractivity contribution in [1.82, 2.24) is 4.90 Å². The average Bonchev–Trinajstić information content (AvgIpc) is 3.41. The van der Waals surface area contributed by atoms with E-state index in [0.29, 0.717) is 31.1 Å². The van der Waals surface area contributed by atoms with E-state index in [1.165, 1.54) is 12.1 Å². The van der Waals surface area contributed by atoms with Crippen LogP contribution in [0.2, 0.25) is 0 Å². The summed E-state index contributed by atoms with van der Waals surface area (Å²) in [4.78, 5) is 28.3. The lowest BCUT2D eigenvalue weighted by molar-refractivity contribution is -0.153. The van der Waals surface area contributed by atoms with Crippen LogP contribution in [-0.2, 0) is 14.3 Å². The molecule has 3 fully saturated rings.